The Balaban J connectivity index is 1.54. The zero-order chi connectivity index (χ0) is 24.2. The van der Waals surface area contributed by atoms with Crippen LogP contribution in [-0.4, -0.2) is 33.5 Å². The van der Waals surface area contributed by atoms with Crippen molar-refractivity contribution in [3.8, 4) is 11.3 Å². The lowest BCUT2D eigenvalue weighted by Crippen LogP contribution is -2.27. The molecule has 0 atom stereocenters. The Labute approximate surface area is 198 Å². The van der Waals surface area contributed by atoms with Gasteiger partial charge in [0.2, 0.25) is 0 Å². The van der Waals surface area contributed by atoms with Gasteiger partial charge in [-0.1, -0.05) is 30.3 Å². The van der Waals surface area contributed by atoms with E-state index in [2.05, 4.69) is 0 Å². The fraction of sp³-hybridized carbons (Fsp3) is 0.125. The minimum atomic E-state index is -0.560. The van der Waals surface area contributed by atoms with Crippen molar-refractivity contribution in [3.05, 3.63) is 92.6 Å². The molecule has 10 heteroatoms. The lowest BCUT2D eigenvalue weighted by atomic mass is 10.1. The first-order chi connectivity index (χ1) is 16.4. The summed E-state index contributed by atoms with van der Waals surface area (Å²) in [6.45, 7) is 1.78. The number of nitrogens with zero attached hydrogens (tertiary/aromatic N) is 2. The number of amides is 2. The predicted octanol–water partition coefficient (Wildman–Crippen LogP) is 5.27. The highest BCUT2D eigenvalue weighted by atomic mass is 32.2. The molecule has 2 heterocycles. The lowest BCUT2D eigenvalue weighted by Gasteiger charge is -2.12. The maximum atomic E-state index is 12.8. The van der Waals surface area contributed by atoms with Crippen molar-refractivity contribution in [2.45, 2.75) is 13.5 Å². The third kappa shape index (κ3) is 4.76. The highest BCUT2D eigenvalue weighted by Crippen LogP contribution is 2.35. The Bertz CT molecular complexity index is 1330. The first-order valence-corrected chi connectivity index (χ1v) is 11.0. The molecule has 172 valence electrons. The lowest BCUT2D eigenvalue weighted by molar-refractivity contribution is -0.385. The van der Waals surface area contributed by atoms with E-state index in [1.54, 1.807) is 49.4 Å². The van der Waals surface area contributed by atoms with Gasteiger partial charge < -0.3 is 9.15 Å². The van der Waals surface area contributed by atoms with Crippen molar-refractivity contribution in [2.24, 2.45) is 0 Å². The van der Waals surface area contributed by atoms with E-state index in [0.29, 0.717) is 22.6 Å². The van der Waals surface area contributed by atoms with Crippen LogP contribution in [0.5, 0.6) is 0 Å². The molecule has 0 spiro atoms. The Hall–Kier alpha value is -4.18. The van der Waals surface area contributed by atoms with Gasteiger partial charge >= 0.3 is 5.97 Å². The molecule has 2 aromatic carbocycles. The molecule has 0 N–H and O–H groups in total. The van der Waals surface area contributed by atoms with Gasteiger partial charge in [0.05, 0.1) is 28.5 Å². The summed E-state index contributed by atoms with van der Waals surface area (Å²) < 4.78 is 10.8. The number of nitro groups is 1. The van der Waals surface area contributed by atoms with Crippen LogP contribution in [0.3, 0.4) is 0 Å². The van der Waals surface area contributed by atoms with Gasteiger partial charge in [-0.2, -0.15) is 0 Å². The van der Waals surface area contributed by atoms with Crippen LogP contribution in [-0.2, 0) is 16.1 Å². The second kappa shape index (κ2) is 9.75. The van der Waals surface area contributed by atoms with Crippen molar-refractivity contribution in [2.75, 3.05) is 6.61 Å². The maximum Gasteiger partial charge on any atom is 0.338 e. The number of esters is 1. The van der Waals surface area contributed by atoms with Gasteiger partial charge in [-0.15, -0.1) is 0 Å². The van der Waals surface area contributed by atoms with Crippen LogP contribution in [0.15, 0.2) is 70.0 Å². The second-order valence-corrected chi connectivity index (χ2v) is 8.15. The van der Waals surface area contributed by atoms with Crippen molar-refractivity contribution in [1.82, 2.24) is 4.90 Å². The Morgan fingerprint density at radius 2 is 1.94 bits per heavy atom. The summed E-state index contributed by atoms with van der Waals surface area (Å²) in [5.41, 5.74) is 1.13. The van der Waals surface area contributed by atoms with Crippen LogP contribution in [0.4, 0.5) is 10.5 Å². The van der Waals surface area contributed by atoms with Crippen LogP contribution in [0.2, 0.25) is 0 Å². The Morgan fingerprint density at radius 1 is 1.15 bits per heavy atom. The molecule has 0 aliphatic carbocycles. The van der Waals surface area contributed by atoms with Gasteiger partial charge in [-0.05, 0) is 43.0 Å². The minimum absolute atomic E-state index is 0.143. The van der Waals surface area contributed by atoms with Gasteiger partial charge in [0.15, 0.2) is 0 Å². The fourth-order valence-corrected chi connectivity index (χ4v) is 4.18. The van der Waals surface area contributed by atoms with Gasteiger partial charge in [0, 0.05) is 23.3 Å². The third-order valence-corrected chi connectivity index (χ3v) is 5.86. The fourth-order valence-electron chi connectivity index (χ4n) is 3.36. The second-order valence-electron chi connectivity index (χ2n) is 7.16. The van der Waals surface area contributed by atoms with Crippen molar-refractivity contribution >= 4 is 40.6 Å². The van der Waals surface area contributed by atoms with Gasteiger partial charge in [-0.25, -0.2) is 4.79 Å². The summed E-state index contributed by atoms with van der Waals surface area (Å²) in [4.78, 5) is 49.0. The summed E-state index contributed by atoms with van der Waals surface area (Å²) in [5.74, 6) is -0.192. The van der Waals surface area contributed by atoms with Crippen LogP contribution in [0, 0.1) is 10.1 Å². The van der Waals surface area contributed by atoms with Crippen LogP contribution in [0.25, 0.3) is 17.4 Å². The summed E-state index contributed by atoms with van der Waals surface area (Å²) in [6.07, 6.45) is 1.45. The number of ether oxygens (including phenoxy) is 1. The molecule has 1 aliphatic rings. The first-order valence-electron chi connectivity index (χ1n) is 10.2. The molecule has 9 nitrogen and oxygen atoms in total. The number of furan rings is 1. The van der Waals surface area contributed by atoms with Gasteiger partial charge in [0.1, 0.15) is 11.5 Å². The molecule has 0 saturated carbocycles. The average Bonchev–Trinajstić information content (AvgIpc) is 3.40. The summed E-state index contributed by atoms with van der Waals surface area (Å²) in [7, 11) is 0. The number of para-hydroxylation sites is 1. The van der Waals surface area contributed by atoms with E-state index in [1.807, 2.05) is 0 Å². The van der Waals surface area contributed by atoms with Crippen LogP contribution < -0.4 is 0 Å². The molecule has 0 bridgehead atoms. The first kappa shape index (κ1) is 23.0. The minimum Gasteiger partial charge on any atom is -0.462 e. The molecular weight excluding hydrogens is 460 g/mol. The molecule has 4 rings (SSSR count). The largest absolute Gasteiger partial charge is 0.462 e. The highest BCUT2D eigenvalue weighted by molar-refractivity contribution is 8.18. The smallest absolute Gasteiger partial charge is 0.338 e. The van der Waals surface area contributed by atoms with E-state index >= 15 is 0 Å². The van der Waals surface area contributed by atoms with E-state index in [0.717, 1.165) is 16.7 Å². The van der Waals surface area contributed by atoms with E-state index in [9.17, 15) is 24.5 Å². The topological polar surface area (TPSA) is 120 Å². The Kier molecular flexibility index (Phi) is 6.60. The SMILES string of the molecule is CCOC(=O)c1cccc(-c2ccc(/C=C3\SC(=O)N(Cc4ccccc4[N+](=O)[O-])C3=O)o2)c1. The molecule has 1 aromatic heterocycles. The third-order valence-electron chi connectivity index (χ3n) is 4.95. The highest BCUT2D eigenvalue weighted by Gasteiger charge is 2.36. The van der Waals surface area contributed by atoms with Gasteiger partial charge in [0.25, 0.3) is 16.8 Å². The number of carbonyl (C=O) groups is 3. The molecule has 34 heavy (non-hydrogen) atoms. The maximum absolute atomic E-state index is 12.8. The molecule has 1 fully saturated rings. The van der Waals surface area contributed by atoms with Crippen LogP contribution in [0.1, 0.15) is 28.6 Å². The van der Waals surface area contributed by atoms with E-state index in [-0.39, 0.29) is 29.3 Å². The molecule has 1 saturated heterocycles. The van der Waals surface area contributed by atoms with E-state index in [1.165, 1.54) is 24.3 Å². The quantitative estimate of drug-likeness (QED) is 0.195. The molecule has 2 amide bonds. The molecule has 1 aliphatic heterocycles. The monoisotopic (exact) mass is 478 g/mol. The number of thioether (sulfide) groups is 1. The van der Waals surface area contributed by atoms with E-state index < -0.39 is 22.0 Å². The number of rotatable bonds is 7. The molecule has 3 aromatic rings. The summed E-state index contributed by atoms with van der Waals surface area (Å²) in [5, 5.41) is 10.7. The molecule has 0 radical (unpaired) electrons. The standard InChI is InChI=1S/C24H18N2O7S/c1-2-32-23(28)16-8-5-7-15(12-16)20-11-10-18(33-20)13-21-22(27)25(24(29)34-21)14-17-6-3-4-9-19(17)26(30)31/h3-13H,2,14H2,1H3/b21-13-. The number of hydrogen-bond acceptors (Lipinski definition) is 8. The summed E-state index contributed by atoms with van der Waals surface area (Å²) in [6, 6.07) is 16.0. The zero-order valence-corrected chi connectivity index (χ0v) is 18.7. The van der Waals surface area contributed by atoms with Crippen LogP contribution >= 0.6 is 11.8 Å². The molecule has 0 unspecified atom stereocenters. The number of hydrogen-bond donors (Lipinski definition) is 0. The number of benzene rings is 2. The summed E-state index contributed by atoms with van der Waals surface area (Å²) >= 11 is 0.735. The zero-order valence-electron chi connectivity index (χ0n) is 17.9. The van der Waals surface area contributed by atoms with E-state index in [4.69, 9.17) is 9.15 Å². The number of carbonyl (C=O) groups excluding carboxylic acids is 3. The average molecular weight is 478 g/mol. The Morgan fingerprint density at radius 3 is 2.71 bits per heavy atom. The number of imide groups is 1. The van der Waals surface area contributed by atoms with Crippen molar-refractivity contribution in [3.63, 3.8) is 0 Å². The predicted molar refractivity (Wildman–Crippen MR) is 125 cm³/mol. The normalized spacial score (nSPS) is 14.6. The number of nitro benzene ring substituents is 1. The van der Waals surface area contributed by atoms with Crippen molar-refractivity contribution in [1.29, 1.82) is 0 Å². The van der Waals surface area contributed by atoms with Crippen molar-refractivity contribution < 1.29 is 28.5 Å². The van der Waals surface area contributed by atoms with Gasteiger partial charge in [-0.3, -0.25) is 24.6 Å². The molecular formula is C24H18N2O7S.